The van der Waals surface area contributed by atoms with Gasteiger partial charge in [0.25, 0.3) is 0 Å². The summed E-state index contributed by atoms with van der Waals surface area (Å²) in [6, 6.07) is 4.43. The number of hydrogen-bond acceptors (Lipinski definition) is 3. The van der Waals surface area contributed by atoms with E-state index in [1.807, 2.05) is 0 Å². The Morgan fingerprint density at radius 1 is 1.38 bits per heavy atom. The fourth-order valence-corrected chi connectivity index (χ4v) is 3.85. The van der Waals surface area contributed by atoms with E-state index >= 15 is 0 Å². The van der Waals surface area contributed by atoms with Crippen LogP contribution in [0.25, 0.3) is 0 Å². The minimum absolute atomic E-state index is 0.00852. The Morgan fingerprint density at radius 2 is 2.12 bits per heavy atom. The van der Waals surface area contributed by atoms with Crippen molar-refractivity contribution in [1.29, 1.82) is 0 Å². The van der Waals surface area contributed by atoms with Crippen LogP contribution < -0.4 is 4.90 Å². The molecule has 3 heterocycles. The van der Waals surface area contributed by atoms with Gasteiger partial charge in [-0.3, -0.25) is 9.59 Å². The molecule has 126 valence electrons. The number of nitrogens with zero attached hydrogens (tertiary/aromatic N) is 1. The first-order valence-corrected chi connectivity index (χ1v) is 7.32. The van der Waals surface area contributed by atoms with Gasteiger partial charge in [-0.2, -0.15) is 13.2 Å². The third kappa shape index (κ3) is 1.92. The van der Waals surface area contributed by atoms with Crippen LogP contribution in [0, 0.1) is 11.8 Å². The monoisotopic (exact) mass is 339 g/mol. The predicted octanol–water partition coefficient (Wildman–Crippen LogP) is 2.08. The molecule has 0 aliphatic carbocycles. The van der Waals surface area contributed by atoms with Crippen LogP contribution in [-0.2, 0) is 20.5 Å². The summed E-state index contributed by atoms with van der Waals surface area (Å²) in [5, 5.41) is 9.37. The number of benzene rings is 1. The molecule has 2 saturated heterocycles. The Bertz CT molecular complexity index is 775. The lowest BCUT2D eigenvalue weighted by Gasteiger charge is -2.22. The number of alkyl halides is 3. The van der Waals surface area contributed by atoms with Gasteiger partial charge in [0.2, 0.25) is 5.91 Å². The number of halogens is 3. The Hall–Kier alpha value is -2.35. The summed E-state index contributed by atoms with van der Waals surface area (Å²) >= 11 is 0. The van der Waals surface area contributed by atoms with Crippen molar-refractivity contribution < 1.29 is 32.6 Å². The van der Waals surface area contributed by atoms with Crippen LogP contribution in [0.3, 0.4) is 0 Å². The molecule has 2 fully saturated rings. The van der Waals surface area contributed by atoms with E-state index in [0.29, 0.717) is 0 Å². The van der Waals surface area contributed by atoms with Crippen LogP contribution in [0.5, 0.6) is 0 Å². The van der Waals surface area contributed by atoms with Gasteiger partial charge in [-0.25, -0.2) is 0 Å². The molecule has 3 aliphatic rings. The van der Waals surface area contributed by atoms with E-state index in [2.05, 4.69) is 0 Å². The van der Waals surface area contributed by atoms with Crippen LogP contribution >= 0.6 is 0 Å². The van der Waals surface area contributed by atoms with Gasteiger partial charge in [-0.1, -0.05) is 18.2 Å². The second kappa shape index (κ2) is 4.60. The number of amides is 1. The van der Waals surface area contributed by atoms with E-state index in [9.17, 15) is 27.9 Å². The summed E-state index contributed by atoms with van der Waals surface area (Å²) in [6.07, 6.45) is -1.92. The van der Waals surface area contributed by atoms with Crippen molar-refractivity contribution in [3.63, 3.8) is 0 Å². The van der Waals surface area contributed by atoms with Crippen molar-refractivity contribution in [2.75, 3.05) is 11.4 Å². The number of anilines is 1. The molecule has 1 spiro atoms. The molecule has 0 aromatic heterocycles. The molecule has 0 radical (unpaired) electrons. The molecule has 1 N–H and O–H groups in total. The van der Waals surface area contributed by atoms with E-state index in [-0.39, 0.29) is 12.2 Å². The van der Waals surface area contributed by atoms with Crippen LogP contribution in [0.15, 0.2) is 36.4 Å². The molecule has 1 aromatic rings. The second-order valence-corrected chi connectivity index (χ2v) is 6.21. The molecule has 1 amide bonds. The van der Waals surface area contributed by atoms with Gasteiger partial charge < -0.3 is 14.7 Å². The molecule has 3 aliphatic heterocycles. The number of hydrogen-bond donors (Lipinski definition) is 1. The molecule has 8 heteroatoms. The van der Waals surface area contributed by atoms with Crippen molar-refractivity contribution in [2.24, 2.45) is 11.8 Å². The summed E-state index contributed by atoms with van der Waals surface area (Å²) in [6.45, 7) is 0.00852. The molecule has 1 aromatic carbocycles. The summed E-state index contributed by atoms with van der Waals surface area (Å²) in [7, 11) is 0. The average molecular weight is 339 g/mol. The van der Waals surface area contributed by atoms with Crippen molar-refractivity contribution >= 4 is 17.6 Å². The van der Waals surface area contributed by atoms with Gasteiger partial charge in [0, 0.05) is 5.69 Å². The Balaban J connectivity index is 1.72. The van der Waals surface area contributed by atoms with Crippen LogP contribution in [0.1, 0.15) is 5.56 Å². The highest BCUT2D eigenvalue weighted by Gasteiger charge is 2.67. The lowest BCUT2D eigenvalue weighted by atomic mass is 9.77. The van der Waals surface area contributed by atoms with Crippen molar-refractivity contribution in [3.05, 3.63) is 42.0 Å². The SMILES string of the molecule is O=C(O)[C@H]1[C@H]2C=C[C@]3(CN(c4cccc(C(F)(F)F)c4)C(=O)[C@@H]13)O2. The molecular weight excluding hydrogens is 327 g/mol. The lowest BCUT2D eigenvalue weighted by Crippen LogP contribution is -2.39. The summed E-state index contributed by atoms with van der Waals surface area (Å²) in [5.41, 5.74) is -1.85. The average Bonchev–Trinajstić information content (AvgIpc) is 3.15. The third-order valence-electron chi connectivity index (χ3n) is 4.87. The highest BCUT2D eigenvalue weighted by Crippen LogP contribution is 2.52. The maximum absolute atomic E-state index is 12.9. The fraction of sp³-hybridized carbons (Fsp3) is 0.375. The topological polar surface area (TPSA) is 66.8 Å². The van der Waals surface area contributed by atoms with E-state index in [4.69, 9.17) is 4.74 Å². The van der Waals surface area contributed by atoms with Crippen LogP contribution in [0.4, 0.5) is 18.9 Å². The van der Waals surface area contributed by atoms with Gasteiger partial charge in [0.05, 0.1) is 24.1 Å². The quantitative estimate of drug-likeness (QED) is 0.838. The summed E-state index contributed by atoms with van der Waals surface area (Å²) < 4.78 is 44.3. The maximum Gasteiger partial charge on any atom is 0.416 e. The molecule has 2 bridgehead atoms. The normalized spacial score (nSPS) is 34.0. The van der Waals surface area contributed by atoms with Gasteiger partial charge in [0.1, 0.15) is 11.5 Å². The first-order valence-electron chi connectivity index (χ1n) is 7.32. The zero-order chi connectivity index (χ0) is 17.3. The summed E-state index contributed by atoms with van der Waals surface area (Å²) in [4.78, 5) is 25.4. The smallest absolute Gasteiger partial charge is 0.416 e. The highest BCUT2D eigenvalue weighted by molar-refractivity contribution is 6.02. The second-order valence-electron chi connectivity index (χ2n) is 6.21. The van der Waals surface area contributed by atoms with E-state index in [0.717, 1.165) is 12.1 Å². The fourth-order valence-electron chi connectivity index (χ4n) is 3.85. The third-order valence-corrected chi connectivity index (χ3v) is 4.87. The van der Waals surface area contributed by atoms with Gasteiger partial charge in [0.15, 0.2) is 0 Å². The zero-order valence-electron chi connectivity index (χ0n) is 12.2. The molecule has 4 rings (SSSR count). The van der Waals surface area contributed by atoms with Crippen LogP contribution in [-0.4, -0.2) is 35.2 Å². The van der Waals surface area contributed by atoms with Crippen molar-refractivity contribution in [2.45, 2.75) is 17.9 Å². The highest BCUT2D eigenvalue weighted by atomic mass is 19.4. The Morgan fingerprint density at radius 3 is 2.79 bits per heavy atom. The number of ether oxygens (including phenoxy) is 1. The lowest BCUT2D eigenvalue weighted by molar-refractivity contribution is -0.146. The number of carbonyl (C=O) groups excluding carboxylic acids is 1. The van der Waals surface area contributed by atoms with Gasteiger partial charge in [-0.15, -0.1) is 0 Å². The number of rotatable bonds is 2. The Labute approximate surface area is 134 Å². The standard InChI is InChI=1S/C16H12F3NO4/c17-16(18,19)8-2-1-3-9(6-8)20-7-15-5-4-10(24-15)11(14(22)23)12(15)13(20)21/h1-6,10-12H,7H2,(H,22,23)/t10-,11+,12-,15-/m1/s1. The molecule has 4 atom stereocenters. The molecule has 0 unspecified atom stereocenters. The largest absolute Gasteiger partial charge is 0.481 e. The van der Waals surface area contributed by atoms with Crippen molar-refractivity contribution in [3.8, 4) is 0 Å². The number of carboxylic acid groups (broad SMARTS) is 1. The maximum atomic E-state index is 12.9. The minimum atomic E-state index is -4.52. The van der Waals surface area contributed by atoms with Gasteiger partial charge in [-0.05, 0) is 18.2 Å². The van der Waals surface area contributed by atoms with Gasteiger partial charge >= 0.3 is 12.1 Å². The molecular formula is C16H12F3NO4. The number of carbonyl (C=O) groups is 2. The molecule has 5 nitrogen and oxygen atoms in total. The molecule has 0 saturated carbocycles. The Kier molecular flexibility index (Phi) is 2.91. The first kappa shape index (κ1) is 15.2. The van der Waals surface area contributed by atoms with Crippen LogP contribution in [0.2, 0.25) is 0 Å². The minimum Gasteiger partial charge on any atom is -0.481 e. The number of aliphatic carboxylic acids is 1. The summed E-state index contributed by atoms with van der Waals surface area (Å²) in [5.74, 6) is -3.60. The molecule has 24 heavy (non-hydrogen) atoms. The number of carboxylic acids is 1. The first-order chi connectivity index (χ1) is 11.2. The predicted molar refractivity (Wildman–Crippen MR) is 75.2 cm³/mol. The van der Waals surface area contributed by atoms with E-state index in [1.165, 1.54) is 17.0 Å². The van der Waals surface area contributed by atoms with Crippen molar-refractivity contribution in [1.82, 2.24) is 0 Å². The van der Waals surface area contributed by atoms with E-state index < -0.39 is 47.2 Å². The van der Waals surface area contributed by atoms with E-state index in [1.54, 1.807) is 12.2 Å². The zero-order valence-corrected chi connectivity index (χ0v) is 12.2. The number of fused-ring (bicyclic) bond motifs is 1.